The van der Waals surface area contributed by atoms with Gasteiger partial charge in [-0.05, 0) is 39.0 Å². The van der Waals surface area contributed by atoms with Gasteiger partial charge in [0.1, 0.15) is 0 Å². The van der Waals surface area contributed by atoms with Gasteiger partial charge in [-0.2, -0.15) is 0 Å². The predicted octanol–water partition coefficient (Wildman–Crippen LogP) is 1.67. The van der Waals surface area contributed by atoms with Crippen molar-refractivity contribution >= 4 is 11.9 Å². The van der Waals surface area contributed by atoms with Gasteiger partial charge in [0.05, 0.1) is 5.41 Å². The fourth-order valence-corrected chi connectivity index (χ4v) is 2.20. The first-order chi connectivity index (χ1) is 8.84. The lowest BCUT2D eigenvalue weighted by molar-refractivity contribution is -0.147. The average Bonchev–Trinajstić information content (AvgIpc) is 2.38. The third kappa shape index (κ3) is 4.82. The van der Waals surface area contributed by atoms with Crippen LogP contribution in [0.15, 0.2) is 0 Å². The van der Waals surface area contributed by atoms with Crippen LogP contribution in [0, 0.1) is 17.3 Å². The minimum atomic E-state index is -0.834. The van der Waals surface area contributed by atoms with Crippen molar-refractivity contribution in [2.75, 3.05) is 19.8 Å². The zero-order chi connectivity index (χ0) is 14.5. The standard InChI is InChI=1S/C14H25NO4/c1-10(11-4-8-19-9-5-11)12(16)15-7-6-14(2,3)13(17)18/h10-11H,4-9H2,1-3H3,(H,15,16)(H,17,18). The zero-order valence-electron chi connectivity index (χ0n) is 12.1. The van der Waals surface area contributed by atoms with Crippen LogP contribution in [0.5, 0.6) is 0 Å². The summed E-state index contributed by atoms with van der Waals surface area (Å²) in [6, 6.07) is 0. The molecule has 0 spiro atoms. The molecule has 1 unspecified atom stereocenters. The van der Waals surface area contributed by atoms with E-state index in [2.05, 4.69) is 5.32 Å². The highest BCUT2D eigenvalue weighted by Gasteiger charge is 2.28. The monoisotopic (exact) mass is 271 g/mol. The number of nitrogens with one attached hydrogen (secondary N) is 1. The summed E-state index contributed by atoms with van der Waals surface area (Å²) in [5, 5.41) is 11.8. The molecule has 5 heteroatoms. The number of aliphatic carboxylic acids is 1. The first-order valence-electron chi connectivity index (χ1n) is 6.93. The summed E-state index contributed by atoms with van der Waals surface area (Å²) in [6.45, 7) is 7.15. The van der Waals surface area contributed by atoms with E-state index < -0.39 is 11.4 Å². The van der Waals surface area contributed by atoms with Crippen molar-refractivity contribution in [1.29, 1.82) is 0 Å². The van der Waals surface area contributed by atoms with Gasteiger partial charge in [-0.1, -0.05) is 6.92 Å². The fourth-order valence-electron chi connectivity index (χ4n) is 2.20. The molecular weight excluding hydrogens is 246 g/mol. The molecule has 0 bridgehead atoms. The zero-order valence-corrected chi connectivity index (χ0v) is 12.1. The van der Waals surface area contributed by atoms with E-state index in [0.717, 1.165) is 26.1 Å². The van der Waals surface area contributed by atoms with Gasteiger partial charge in [0.2, 0.25) is 5.91 Å². The molecule has 1 amide bonds. The third-order valence-corrected chi connectivity index (χ3v) is 4.01. The summed E-state index contributed by atoms with van der Waals surface area (Å²) in [4.78, 5) is 23.0. The summed E-state index contributed by atoms with van der Waals surface area (Å²) in [5.74, 6) is -0.467. The fraction of sp³-hybridized carbons (Fsp3) is 0.857. The number of carboxylic acid groups (broad SMARTS) is 1. The maximum absolute atomic E-state index is 12.0. The van der Waals surface area contributed by atoms with Crippen LogP contribution in [0.2, 0.25) is 0 Å². The summed E-state index contributed by atoms with van der Waals surface area (Å²) < 4.78 is 5.28. The average molecular weight is 271 g/mol. The molecule has 0 aromatic rings. The van der Waals surface area contributed by atoms with Crippen molar-refractivity contribution in [3.05, 3.63) is 0 Å². The van der Waals surface area contributed by atoms with Crippen molar-refractivity contribution in [2.24, 2.45) is 17.3 Å². The Morgan fingerprint density at radius 1 is 1.37 bits per heavy atom. The highest BCUT2D eigenvalue weighted by molar-refractivity contribution is 5.78. The lowest BCUT2D eigenvalue weighted by atomic mass is 9.86. The Hall–Kier alpha value is -1.10. The Balaban J connectivity index is 2.32. The van der Waals surface area contributed by atoms with E-state index in [1.807, 2.05) is 6.92 Å². The van der Waals surface area contributed by atoms with E-state index in [4.69, 9.17) is 9.84 Å². The Morgan fingerprint density at radius 3 is 2.47 bits per heavy atom. The van der Waals surface area contributed by atoms with Crippen LogP contribution in [0.25, 0.3) is 0 Å². The number of carbonyl (C=O) groups is 2. The quantitative estimate of drug-likeness (QED) is 0.770. The van der Waals surface area contributed by atoms with Gasteiger partial charge >= 0.3 is 5.97 Å². The summed E-state index contributed by atoms with van der Waals surface area (Å²) >= 11 is 0. The second-order valence-electron chi connectivity index (χ2n) is 5.97. The largest absolute Gasteiger partial charge is 0.481 e. The number of amides is 1. The lowest BCUT2D eigenvalue weighted by Gasteiger charge is -2.27. The molecule has 0 saturated carbocycles. The molecule has 0 aromatic heterocycles. The first kappa shape index (κ1) is 16.0. The molecule has 1 fully saturated rings. The number of hydrogen-bond acceptors (Lipinski definition) is 3. The first-order valence-corrected chi connectivity index (χ1v) is 6.93. The van der Waals surface area contributed by atoms with E-state index in [1.54, 1.807) is 13.8 Å². The highest BCUT2D eigenvalue weighted by Crippen LogP contribution is 2.24. The Labute approximate surface area is 114 Å². The molecule has 1 heterocycles. The Kier molecular flexibility index (Phi) is 5.79. The highest BCUT2D eigenvalue weighted by atomic mass is 16.5. The number of carbonyl (C=O) groups excluding carboxylic acids is 1. The molecule has 1 atom stereocenters. The molecule has 1 aliphatic rings. The normalized spacial score (nSPS) is 18.9. The van der Waals surface area contributed by atoms with Crippen LogP contribution < -0.4 is 5.32 Å². The van der Waals surface area contributed by atoms with Crippen LogP contribution in [0.4, 0.5) is 0 Å². The molecule has 0 aliphatic carbocycles. The molecule has 5 nitrogen and oxygen atoms in total. The van der Waals surface area contributed by atoms with E-state index in [-0.39, 0.29) is 11.8 Å². The molecule has 0 aromatic carbocycles. The Morgan fingerprint density at radius 2 is 1.95 bits per heavy atom. The van der Waals surface area contributed by atoms with Gasteiger partial charge in [-0.15, -0.1) is 0 Å². The molecule has 110 valence electrons. The number of hydrogen-bond donors (Lipinski definition) is 2. The van der Waals surface area contributed by atoms with Gasteiger partial charge in [0.25, 0.3) is 0 Å². The van der Waals surface area contributed by atoms with E-state index in [0.29, 0.717) is 18.9 Å². The molecule has 2 N–H and O–H groups in total. The minimum absolute atomic E-state index is 0.0214. The van der Waals surface area contributed by atoms with Crippen LogP contribution in [0.1, 0.15) is 40.0 Å². The third-order valence-electron chi connectivity index (χ3n) is 4.01. The topological polar surface area (TPSA) is 75.6 Å². The minimum Gasteiger partial charge on any atom is -0.481 e. The summed E-state index contributed by atoms with van der Waals surface area (Å²) in [7, 11) is 0. The van der Waals surface area contributed by atoms with Gasteiger partial charge < -0.3 is 15.2 Å². The molecular formula is C14H25NO4. The second-order valence-corrected chi connectivity index (χ2v) is 5.97. The number of rotatable bonds is 6. The summed E-state index contributed by atoms with van der Waals surface area (Å²) in [6.07, 6.45) is 2.29. The number of carboxylic acids is 1. The lowest BCUT2D eigenvalue weighted by Crippen LogP contribution is -2.38. The van der Waals surface area contributed by atoms with E-state index in [1.165, 1.54) is 0 Å². The SMILES string of the molecule is CC(C(=O)NCCC(C)(C)C(=O)O)C1CCOCC1. The molecule has 1 saturated heterocycles. The van der Waals surface area contributed by atoms with Gasteiger partial charge in [0.15, 0.2) is 0 Å². The molecule has 0 radical (unpaired) electrons. The van der Waals surface area contributed by atoms with Crippen molar-refractivity contribution < 1.29 is 19.4 Å². The van der Waals surface area contributed by atoms with Crippen molar-refractivity contribution in [2.45, 2.75) is 40.0 Å². The van der Waals surface area contributed by atoms with Gasteiger partial charge in [-0.3, -0.25) is 9.59 Å². The van der Waals surface area contributed by atoms with E-state index >= 15 is 0 Å². The van der Waals surface area contributed by atoms with Gasteiger partial charge in [-0.25, -0.2) is 0 Å². The van der Waals surface area contributed by atoms with Crippen LogP contribution in [-0.4, -0.2) is 36.7 Å². The summed E-state index contributed by atoms with van der Waals surface area (Å²) in [5.41, 5.74) is -0.796. The smallest absolute Gasteiger partial charge is 0.309 e. The van der Waals surface area contributed by atoms with Crippen LogP contribution in [-0.2, 0) is 14.3 Å². The van der Waals surface area contributed by atoms with Crippen molar-refractivity contribution in [3.63, 3.8) is 0 Å². The van der Waals surface area contributed by atoms with Crippen LogP contribution >= 0.6 is 0 Å². The van der Waals surface area contributed by atoms with Crippen molar-refractivity contribution in [1.82, 2.24) is 5.32 Å². The second kappa shape index (κ2) is 6.89. The Bertz CT molecular complexity index is 321. The van der Waals surface area contributed by atoms with E-state index in [9.17, 15) is 9.59 Å². The van der Waals surface area contributed by atoms with Crippen LogP contribution in [0.3, 0.4) is 0 Å². The number of ether oxygens (including phenoxy) is 1. The molecule has 19 heavy (non-hydrogen) atoms. The predicted molar refractivity (Wildman–Crippen MR) is 71.8 cm³/mol. The molecule has 1 rings (SSSR count). The van der Waals surface area contributed by atoms with Gasteiger partial charge in [0, 0.05) is 25.7 Å². The van der Waals surface area contributed by atoms with Crippen molar-refractivity contribution in [3.8, 4) is 0 Å². The molecule has 1 aliphatic heterocycles. The maximum atomic E-state index is 12.0. The maximum Gasteiger partial charge on any atom is 0.309 e.